The highest BCUT2D eigenvalue weighted by Gasteiger charge is 2.25. The minimum absolute atomic E-state index is 0.0401. The fourth-order valence-electron chi connectivity index (χ4n) is 1.47. The van der Waals surface area contributed by atoms with Gasteiger partial charge in [0.2, 0.25) is 5.91 Å². The summed E-state index contributed by atoms with van der Waals surface area (Å²) in [7, 11) is 3.51. The molecule has 0 saturated carbocycles. The van der Waals surface area contributed by atoms with Gasteiger partial charge in [-0.15, -0.1) is 0 Å². The molecule has 16 heavy (non-hydrogen) atoms. The number of amidine groups is 1. The number of rotatable bonds is 2. The molecule has 4 nitrogen and oxygen atoms in total. The standard InChI is InChI=1S/C11H21N3OS/c1-8(9(15)14(4)5)12-10-13-11(2,3)6-7-16-10/h8H,6-7H2,1-5H3,(H,12,13). The molecule has 0 bridgehead atoms. The van der Waals surface area contributed by atoms with Gasteiger partial charge >= 0.3 is 0 Å². The van der Waals surface area contributed by atoms with Crippen LogP contribution in [0.5, 0.6) is 0 Å². The molecule has 1 atom stereocenters. The maximum absolute atomic E-state index is 11.7. The summed E-state index contributed by atoms with van der Waals surface area (Å²) in [6.07, 6.45) is 1.12. The molecular weight excluding hydrogens is 222 g/mol. The molecule has 1 unspecified atom stereocenters. The number of amides is 1. The molecule has 0 aliphatic carbocycles. The predicted molar refractivity (Wildman–Crippen MR) is 69.9 cm³/mol. The van der Waals surface area contributed by atoms with Crippen LogP contribution in [0.25, 0.3) is 0 Å². The Hall–Kier alpha value is -0.710. The monoisotopic (exact) mass is 243 g/mol. The van der Waals surface area contributed by atoms with Crippen LogP contribution in [0.1, 0.15) is 27.2 Å². The zero-order valence-corrected chi connectivity index (χ0v) is 11.5. The summed E-state index contributed by atoms with van der Waals surface area (Å²) >= 11 is 1.69. The van der Waals surface area contributed by atoms with Crippen molar-refractivity contribution in [2.45, 2.75) is 38.8 Å². The molecule has 1 amide bonds. The quantitative estimate of drug-likeness (QED) is 0.795. The third-order valence-electron chi connectivity index (χ3n) is 2.52. The van der Waals surface area contributed by atoms with Crippen LogP contribution >= 0.6 is 11.8 Å². The van der Waals surface area contributed by atoms with E-state index < -0.39 is 0 Å². The molecule has 0 aromatic carbocycles. The molecule has 1 heterocycles. The number of aliphatic imine (C=N–C) groups is 1. The predicted octanol–water partition coefficient (Wildman–Crippen LogP) is 1.32. The number of hydrogen-bond donors (Lipinski definition) is 1. The number of nitrogens with one attached hydrogen (secondary N) is 1. The smallest absolute Gasteiger partial charge is 0.246 e. The highest BCUT2D eigenvalue weighted by molar-refractivity contribution is 8.13. The van der Waals surface area contributed by atoms with Crippen molar-refractivity contribution in [3.8, 4) is 0 Å². The van der Waals surface area contributed by atoms with Gasteiger partial charge in [0.15, 0.2) is 5.17 Å². The van der Waals surface area contributed by atoms with E-state index in [4.69, 9.17) is 0 Å². The van der Waals surface area contributed by atoms with Crippen molar-refractivity contribution >= 4 is 22.8 Å². The Morgan fingerprint density at radius 2 is 2.19 bits per heavy atom. The van der Waals surface area contributed by atoms with Crippen molar-refractivity contribution in [2.75, 3.05) is 19.8 Å². The van der Waals surface area contributed by atoms with Gasteiger partial charge in [0, 0.05) is 25.4 Å². The molecule has 92 valence electrons. The third-order valence-corrected chi connectivity index (χ3v) is 3.41. The maximum atomic E-state index is 11.7. The van der Waals surface area contributed by atoms with Crippen LogP contribution in [0.3, 0.4) is 0 Å². The van der Waals surface area contributed by atoms with Gasteiger partial charge in [-0.2, -0.15) is 0 Å². The Morgan fingerprint density at radius 3 is 2.69 bits per heavy atom. The van der Waals surface area contributed by atoms with Crippen LogP contribution < -0.4 is 5.32 Å². The zero-order valence-electron chi connectivity index (χ0n) is 10.7. The largest absolute Gasteiger partial charge is 0.360 e. The second-order valence-electron chi connectivity index (χ2n) is 4.95. The summed E-state index contributed by atoms with van der Waals surface area (Å²) < 4.78 is 0. The van der Waals surface area contributed by atoms with Crippen LogP contribution in [-0.4, -0.2) is 47.4 Å². The molecule has 1 N–H and O–H groups in total. The van der Waals surface area contributed by atoms with Gasteiger partial charge in [0.05, 0.1) is 0 Å². The summed E-state index contributed by atoms with van der Waals surface area (Å²) in [4.78, 5) is 17.7. The summed E-state index contributed by atoms with van der Waals surface area (Å²) in [6.45, 7) is 6.14. The van der Waals surface area contributed by atoms with Crippen LogP contribution in [-0.2, 0) is 4.79 Å². The van der Waals surface area contributed by atoms with Gasteiger partial charge in [-0.3, -0.25) is 4.79 Å². The summed E-state index contributed by atoms with van der Waals surface area (Å²) in [5.41, 5.74) is 0.0883. The van der Waals surface area contributed by atoms with E-state index in [9.17, 15) is 4.79 Å². The highest BCUT2D eigenvalue weighted by atomic mass is 32.2. The Bertz CT molecular complexity index is 300. The van der Waals surface area contributed by atoms with E-state index in [2.05, 4.69) is 24.2 Å². The van der Waals surface area contributed by atoms with E-state index in [-0.39, 0.29) is 17.5 Å². The molecule has 5 heteroatoms. The summed E-state index contributed by atoms with van der Waals surface area (Å²) in [6, 6.07) is -0.307. The van der Waals surface area contributed by atoms with Gasteiger partial charge < -0.3 is 10.2 Å². The average Bonchev–Trinajstić information content (AvgIpc) is 2.14. The number of nitrogens with zero attached hydrogens (tertiary/aromatic N) is 2. The Kier molecular flexibility index (Phi) is 4.24. The first-order valence-corrected chi connectivity index (χ1v) is 6.50. The normalized spacial score (nSPS) is 23.7. The van der Waals surface area contributed by atoms with Crippen molar-refractivity contribution in [1.82, 2.24) is 10.2 Å². The molecule has 1 rings (SSSR count). The lowest BCUT2D eigenvalue weighted by Crippen LogP contribution is -2.47. The molecule has 1 fully saturated rings. The Labute approximate surface area is 102 Å². The zero-order chi connectivity index (χ0) is 12.3. The first-order chi connectivity index (χ1) is 7.32. The minimum atomic E-state index is -0.307. The van der Waals surface area contributed by atoms with E-state index in [1.165, 1.54) is 0 Å². The molecule has 0 radical (unpaired) electrons. The minimum Gasteiger partial charge on any atom is -0.360 e. The lowest BCUT2D eigenvalue weighted by atomic mass is 10.0. The molecule has 0 spiro atoms. The van der Waals surface area contributed by atoms with Crippen molar-refractivity contribution in [2.24, 2.45) is 4.99 Å². The summed E-state index contributed by atoms with van der Waals surface area (Å²) in [5, 5.41) is 4.25. The lowest BCUT2D eigenvalue weighted by molar-refractivity contribution is -0.129. The fraction of sp³-hybridized carbons (Fsp3) is 0.818. The van der Waals surface area contributed by atoms with Gasteiger partial charge in [0.25, 0.3) is 0 Å². The topological polar surface area (TPSA) is 44.7 Å². The van der Waals surface area contributed by atoms with Gasteiger partial charge in [-0.1, -0.05) is 11.8 Å². The van der Waals surface area contributed by atoms with Crippen LogP contribution in [0, 0.1) is 0 Å². The van der Waals surface area contributed by atoms with Gasteiger partial charge in [-0.05, 0) is 27.2 Å². The molecule has 1 saturated heterocycles. The van der Waals surface area contributed by atoms with Crippen molar-refractivity contribution in [1.29, 1.82) is 0 Å². The molecule has 1 aliphatic rings. The van der Waals surface area contributed by atoms with Crippen LogP contribution in [0.2, 0.25) is 0 Å². The van der Waals surface area contributed by atoms with Crippen LogP contribution in [0.15, 0.2) is 4.99 Å². The van der Waals surface area contributed by atoms with E-state index in [1.807, 2.05) is 6.92 Å². The van der Waals surface area contributed by atoms with Gasteiger partial charge in [-0.25, -0.2) is 4.99 Å². The Balaban J connectivity index is 2.66. The number of carbonyl (C=O) groups excluding carboxylic acids is 1. The highest BCUT2D eigenvalue weighted by Crippen LogP contribution is 2.21. The average molecular weight is 243 g/mol. The van der Waals surface area contributed by atoms with Gasteiger partial charge in [0.1, 0.15) is 6.04 Å². The number of thioether (sulfide) groups is 1. The van der Waals surface area contributed by atoms with E-state index in [0.717, 1.165) is 17.3 Å². The third kappa shape index (κ3) is 3.70. The second-order valence-corrected chi connectivity index (χ2v) is 6.03. The first-order valence-electron chi connectivity index (χ1n) is 5.52. The first kappa shape index (κ1) is 13.4. The number of hydrogen-bond acceptors (Lipinski definition) is 3. The maximum Gasteiger partial charge on any atom is 0.246 e. The molecular formula is C11H21N3OS. The number of carbonyl (C=O) groups is 1. The lowest BCUT2D eigenvalue weighted by Gasteiger charge is -2.32. The summed E-state index contributed by atoms with van der Waals surface area (Å²) in [5.74, 6) is 1.10. The van der Waals surface area contributed by atoms with Crippen molar-refractivity contribution in [3.05, 3.63) is 0 Å². The van der Waals surface area contributed by atoms with Crippen molar-refractivity contribution < 1.29 is 4.79 Å². The molecule has 1 aliphatic heterocycles. The van der Waals surface area contributed by atoms with E-state index in [0.29, 0.717) is 0 Å². The SMILES string of the molecule is CC(N=C1NC(C)(C)CCS1)C(=O)N(C)C. The number of likely N-dealkylation sites (N-methyl/N-ethyl adjacent to an activating group) is 1. The van der Waals surface area contributed by atoms with E-state index >= 15 is 0 Å². The Morgan fingerprint density at radius 1 is 1.56 bits per heavy atom. The van der Waals surface area contributed by atoms with Crippen LogP contribution in [0.4, 0.5) is 0 Å². The molecule has 0 aromatic rings. The fourth-order valence-corrected chi connectivity index (χ4v) is 2.85. The second kappa shape index (κ2) is 5.08. The molecule has 0 aromatic heterocycles. The van der Waals surface area contributed by atoms with Crippen molar-refractivity contribution in [3.63, 3.8) is 0 Å². The van der Waals surface area contributed by atoms with E-state index in [1.54, 1.807) is 30.8 Å².